The molecule has 1 atom stereocenters. The molecule has 6 nitrogen and oxygen atoms in total. The van der Waals surface area contributed by atoms with Crippen LogP contribution < -0.4 is 0 Å². The second-order valence-electron chi connectivity index (χ2n) is 7.66. The van der Waals surface area contributed by atoms with Crippen LogP contribution in [0.1, 0.15) is 53.8 Å². The van der Waals surface area contributed by atoms with Crippen molar-refractivity contribution >= 4 is 16.7 Å². The minimum Gasteiger partial charge on any atom is -0.339 e. The fourth-order valence-electron chi connectivity index (χ4n) is 3.96. The van der Waals surface area contributed by atoms with Gasteiger partial charge in [-0.25, -0.2) is 0 Å². The van der Waals surface area contributed by atoms with Crippen LogP contribution in [0.5, 0.6) is 0 Å². The molecule has 6 heteroatoms. The van der Waals surface area contributed by atoms with E-state index in [1.54, 1.807) is 6.20 Å². The number of carbonyl (C=O) groups is 1. The summed E-state index contributed by atoms with van der Waals surface area (Å²) >= 11 is 0. The zero-order valence-corrected chi connectivity index (χ0v) is 15.2. The molecule has 1 saturated carbocycles. The van der Waals surface area contributed by atoms with E-state index in [4.69, 9.17) is 4.52 Å². The zero-order chi connectivity index (χ0) is 18.2. The highest BCUT2D eigenvalue weighted by Gasteiger charge is 2.31. The fraction of sp³-hybridized carbons (Fsp3) is 0.429. The Balaban J connectivity index is 1.31. The average molecular weight is 362 g/mol. The Labute approximate surface area is 157 Å². The fourth-order valence-corrected chi connectivity index (χ4v) is 3.96. The first kappa shape index (κ1) is 16.4. The van der Waals surface area contributed by atoms with Gasteiger partial charge in [0.15, 0.2) is 5.82 Å². The molecule has 1 aromatic carbocycles. The molecule has 3 aromatic rings. The van der Waals surface area contributed by atoms with Gasteiger partial charge in [0.05, 0.1) is 0 Å². The van der Waals surface area contributed by atoms with E-state index in [9.17, 15) is 4.79 Å². The lowest BCUT2D eigenvalue weighted by Crippen LogP contribution is -2.41. The lowest BCUT2D eigenvalue weighted by Gasteiger charge is -2.32. The molecule has 1 amide bonds. The van der Waals surface area contributed by atoms with Crippen molar-refractivity contribution in [3.05, 3.63) is 53.9 Å². The minimum atomic E-state index is 0.0145. The number of pyridine rings is 1. The van der Waals surface area contributed by atoms with Crippen LogP contribution in [0.25, 0.3) is 10.8 Å². The van der Waals surface area contributed by atoms with Gasteiger partial charge in [-0.3, -0.25) is 9.78 Å². The van der Waals surface area contributed by atoms with E-state index < -0.39 is 0 Å². The standard InChI is InChI=1S/C21H22N4O2/c26-21(19-17-6-2-1-5-15(17)9-10-22-19)25-11-3-4-14(13-25)12-18-23-20(24-27-18)16-7-8-16/h1-2,5-6,9-10,14,16H,3-4,7-8,11-13H2. The molecule has 1 aliphatic carbocycles. The van der Waals surface area contributed by atoms with Crippen molar-refractivity contribution in [2.45, 2.75) is 38.0 Å². The Morgan fingerprint density at radius 3 is 2.96 bits per heavy atom. The van der Waals surface area contributed by atoms with Gasteiger partial charge in [0.1, 0.15) is 5.69 Å². The SMILES string of the molecule is O=C(c1nccc2ccccc12)N1CCCC(Cc2nc(C3CC3)no2)C1. The molecule has 27 heavy (non-hydrogen) atoms. The van der Waals surface area contributed by atoms with E-state index in [2.05, 4.69) is 15.1 Å². The molecule has 2 fully saturated rings. The molecule has 3 heterocycles. The Kier molecular flexibility index (Phi) is 4.11. The van der Waals surface area contributed by atoms with E-state index >= 15 is 0 Å². The summed E-state index contributed by atoms with van der Waals surface area (Å²) in [5.74, 6) is 2.43. The van der Waals surface area contributed by atoms with Crippen molar-refractivity contribution in [3.63, 3.8) is 0 Å². The van der Waals surface area contributed by atoms with Crippen LogP contribution >= 0.6 is 0 Å². The molecule has 5 rings (SSSR count). The smallest absolute Gasteiger partial charge is 0.273 e. The summed E-state index contributed by atoms with van der Waals surface area (Å²) in [6, 6.07) is 9.85. The van der Waals surface area contributed by atoms with Crippen molar-refractivity contribution in [1.29, 1.82) is 0 Å². The number of rotatable bonds is 4. The predicted octanol–water partition coefficient (Wildman–Crippen LogP) is 3.59. The third-order valence-corrected chi connectivity index (χ3v) is 5.57. The zero-order valence-electron chi connectivity index (χ0n) is 15.2. The number of aromatic nitrogens is 3. The molecule has 0 bridgehead atoms. The number of hydrogen-bond acceptors (Lipinski definition) is 5. The van der Waals surface area contributed by atoms with Crippen LogP contribution in [0.4, 0.5) is 0 Å². The van der Waals surface area contributed by atoms with Gasteiger partial charge < -0.3 is 9.42 Å². The third kappa shape index (κ3) is 3.31. The summed E-state index contributed by atoms with van der Waals surface area (Å²) in [6.07, 6.45) is 6.87. The maximum absolute atomic E-state index is 13.1. The number of hydrogen-bond donors (Lipinski definition) is 0. The Morgan fingerprint density at radius 2 is 2.07 bits per heavy atom. The molecule has 1 aliphatic heterocycles. The Bertz CT molecular complexity index is 974. The quantitative estimate of drug-likeness (QED) is 0.709. The van der Waals surface area contributed by atoms with Gasteiger partial charge in [-0.1, -0.05) is 29.4 Å². The summed E-state index contributed by atoms with van der Waals surface area (Å²) in [6.45, 7) is 1.49. The van der Waals surface area contributed by atoms with Gasteiger partial charge in [0.2, 0.25) is 5.89 Å². The first-order chi connectivity index (χ1) is 13.3. The number of piperidine rings is 1. The van der Waals surface area contributed by atoms with Crippen molar-refractivity contribution in [2.24, 2.45) is 5.92 Å². The summed E-state index contributed by atoms with van der Waals surface area (Å²) in [5.41, 5.74) is 0.544. The summed E-state index contributed by atoms with van der Waals surface area (Å²) < 4.78 is 5.43. The first-order valence-electron chi connectivity index (χ1n) is 9.73. The van der Waals surface area contributed by atoms with Crippen molar-refractivity contribution in [1.82, 2.24) is 20.0 Å². The molecule has 0 radical (unpaired) electrons. The van der Waals surface area contributed by atoms with E-state index in [1.807, 2.05) is 35.2 Å². The number of carbonyl (C=O) groups excluding carboxylic acids is 1. The maximum Gasteiger partial charge on any atom is 0.273 e. The highest BCUT2D eigenvalue weighted by molar-refractivity contribution is 6.05. The van der Waals surface area contributed by atoms with Gasteiger partial charge >= 0.3 is 0 Å². The van der Waals surface area contributed by atoms with Gasteiger partial charge in [-0.2, -0.15) is 4.98 Å². The molecule has 138 valence electrons. The second kappa shape index (κ2) is 6.76. The molecule has 1 unspecified atom stereocenters. The largest absolute Gasteiger partial charge is 0.339 e. The molecule has 2 aliphatic rings. The van der Waals surface area contributed by atoms with Crippen LogP contribution in [-0.2, 0) is 6.42 Å². The lowest BCUT2D eigenvalue weighted by molar-refractivity contribution is 0.0664. The molecule has 0 N–H and O–H groups in total. The molecular weight excluding hydrogens is 340 g/mol. The normalized spacial score (nSPS) is 20.1. The lowest BCUT2D eigenvalue weighted by atomic mass is 9.94. The molecule has 2 aromatic heterocycles. The highest BCUT2D eigenvalue weighted by Crippen LogP contribution is 2.38. The first-order valence-corrected chi connectivity index (χ1v) is 9.73. The van der Waals surface area contributed by atoms with Gasteiger partial charge in [-0.15, -0.1) is 0 Å². The predicted molar refractivity (Wildman–Crippen MR) is 100 cm³/mol. The Morgan fingerprint density at radius 1 is 1.19 bits per heavy atom. The highest BCUT2D eigenvalue weighted by atomic mass is 16.5. The number of fused-ring (bicyclic) bond motifs is 1. The van der Waals surface area contributed by atoms with E-state index in [1.165, 1.54) is 12.8 Å². The molecule has 1 saturated heterocycles. The number of likely N-dealkylation sites (tertiary alicyclic amines) is 1. The van der Waals surface area contributed by atoms with Gasteiger partial charge in [0, 0.05) is 37.0 Å². The summed E-state index contributed by atoms with van der Waals surface area (Å²) in [7, 11) is 0. The number of benzene rings is 1. The van der Waals surface area contributed by atoms with Crippen LogP contribution in [0.2, 0.25) is 0 Å². The van der Waals surface area contributed by atoms with Crippen molar-refractivity contribution < 1.29 is 9.32 Å². The number of nitrogens with zero attached hydrogens (tertiary/aromatic N) is 4. The van der Waals surface area contributed by atoms with Crippen LogP contribution in [-0.4, -0.2) is 39.0 Å². The number of amides is 1. The summed E-state index contributed by atoms with van der Waals surface area (Å²) in [5, 5.41) is 6.06. The van der Waals surface area contributed by atoms with Crippen molar-refractivity contribution in [2.75, 3.05) is 13.1 Å². The summed E-state index contributed by atoms with van der Waals surface area (Å²) in [4.78, 5) is 24.0. The van der Waals surface area contributed by atoms with E-state index in [0.717, 1.165) is 42.4 Å². The second-order valence-corrected chi connectivity index (χ2v) is 7.66. The van der Waals surface area contributed by atoms with E-state index in [-0.39, 0.29) is 5.91 Å². The third-order valence-electron chi connectivity index (χ3n) is 5.57. The molecular formula is C21H22N4O2. The van der Waals surface area contributed by atoms with Gasteiger partial charge in [-0.05, 0) is 43.1 Å². The minimum absolute atomic E-state index is 0.0145. The topological polar surface area (TPSA) is 72.1 Å². The van der Waals surface area contributed by atoms with Crippen molar-refractivity contribution in [3.8, 4) is 0 Å². The van der Waals surface area contributed by atoms with Crippen LogP contribution in [0.15, 0.2) is 41.1 Å². The molecule has 0 spiro atoms. The maximum atomic E-state index is 13.1. The van der Waals surface area contributed by atoms with Crippen LogP contribution in [0.3, 0.4) is 0 Å². The average Bonchev–Trinajstić information content (AvgIpc) is 3.47. The van der Waals surface area contributed by atoms with E-state index in [0.29, 0.717) is 30.0 Å². The van der Waals surface area contributed by atoms with Crippen LogP contribution in [0, 0.1) is 5.92 Å². The monoisotopic (exact) mass is 362 g/mol. The van der Waals surface area contributed by atoms with Gasteiger partial charge in [0.25, 0.3) is 5.91 Å². The Hall–Kier alpha value is -2.76.